The van der Waals surface area contributed by atoms with E-state index in [2.05, 4.69) is 11.8 Å². The SMILES string of the molecule is C[C@@]1(CCCO)CCCN1Cc1ccccc1OCC(F)(F)F. The van der Waals surface area contributed by atoms with Crippen LogP contribution in [0, 0.1) is 0 Å². The van der Waals surface area contributed by atoms with Crippen molar-refractivity contribution in [3.05, 3.63) is 29.8 Å². The number of aliphatic hydroxyl groups excluding tert-OH is 1. The fourth-order valence-corrected chi connectivity index (χ4v) is 3.23. The van der Waals surface area contributed by atoms with Crippen LogP contribution in [0.25, 0.3) is 0 Å². The summed E-state index contributed by atoms with van der Waals surface area (Å²) in [6.45, 7) is 2.53. The van der Waals surface area contributed by atoms with Crippen molar-refractivity contribution in [2.45, 2.75) is 50.9 Å². The molecule has 1 N–H and O–H groups in total. The number of hydrogen-bond donors (Lipinski definition) is 1. The van der Waals surface area contributed by atoms with Crippen molar-refractivity contribution in [3.8, 4) is 5.75 Å². The van der Waals surface area contributed by atoms with E-state index in [1.54, 1.807) is 12.1 Å². The zero-order valence-electron chi connectivity index (χ0n) is 13.4. The Kier molecular flexibility index (Phi) is 5.92. The average molecular weight is 331 g/mol. The van der Waals surface area contributed by atoms with E-state index in [0.29, 0.717) is 12.3 Å². The Balaban J connectivity index is 2.07. The minimum atomic E-state index is -4.34. The van der Waals surface area contributed by atoms with E-state index in [0.717, 1.165) is 37.8 Å². The van der Waals surface area contributed by atoms with Crippen molar-refractivity contribution in [1.82, 2.24) is 4.90 Å². The van der Waals surface area contributed by atoms with Gasteiger partial charge in [-0.1, -0.05) is 18.2 Å². The summed E-state index contributed by atoms with van der Waals surface area (Å²) in [5, 5.41) is 9.06. The summed E-state index contributed by atoms with van der Waals surface area (Å²) >= 11 is 0. The quantitative estimate of drug-likeness (QED) is 0.826. The molecular weight excluding hydrogens is 307 g/mol. The molecule has 6 heteroatoms. The first kappa shape index (κ1) is 18.1. The molecule has 1 aromatic carbocycles. The number of likely N-dealkylation sites (tertiary alicyclic amines) is 1. The van der Waals surface area contributed by atoms with Gasteiger partial charge in [0.1, 0.15) is 5.75 Å². The minimum Gasteiger partial charge on any atom is -0.484 e. The van der Waals surface area contributed by atoms with Crippen molar-refractivity contribution in [2.75, 3.05) is 19.8 Å². The Labute approximate surface area is 135 Å². The highest BCUT2D eigenvalue weighted by Crippen LogP contribution is 2.35. The van der Waals surface area contributed by atoms with Crippen molar-refractivity contribution in [2.24, 2.45) is 0 Å². The number of halogens is 3. The first-order chi connectivity index (χ1) is 10.8. The second-order valence-corrected chi connectivity index (χ2v) is 6.36. The predicted molar refractivity (Wildman–Crippen MR) is 82.4 cm³/mol. The van der Waals surface area contributed by atoms with Gasteiger partial charge in [0, 0.05) is 24.3 Å². The van der Waals surface area contributed by atoms with E-state index in [-0.39, 0.29) is 12.1 Å². The van der Waals surface area contributed by atoms with E-state index in [1.807, 2.05) is 12.1 Å². The predicted octanol–water partition coefficient (Wildman–Crippen LogP) is 3.75. The number of alkyl halides is 3. The maximum Gasteiger partial charge on any atom is 0.422 e. The van der Waals surface area contributed by atoms with Crippen LogP contribution in [-0.2, 0) is 6.54 Å². The first-order valence-corrected chi connectivity index (χ1v) is 7.97. The monoisotopic (exact) mass is 331 g/mol. The van der Waals surface area contributed by atoms with Gasteiger partial charge >= 0.3 is 6.18 Å². The van der Waals surface area contributed by atoms with Crippen LogP contribution >= 0.6 is 0 Å². The number of aliphatic hydroxyl groups is 1. The largest absolute Gasteiger partial charge is 0.484 e. The summed E-state index contributed by atoms with van der Waals surface area (Å²) in [5.74, 6) is 0.293. The van der Waals surface area contributed by atoms with Gasteiger partial charge in [0.05, 0.1) is 0 Å². The van der Waals surface area contributed by atoms with Gasteiger partial charge in [-0.25, -0.2) is 0 Å². The molecule has 1 saturated heterocycles. The minimum absolute atomic E-state index is 0.0140. The molecule has 0 amide bonds. The van der Waals surface area contributed by atoms with Crippen LogP contribution < -0.4 is 4.74 Å². The molecular formula is C17H24F3NO2. The van der Waals surface area contributed by atoms with E-state index in [4.69, 9.17) is 9.84 Å². The zero-order chi connectivity index (χ0) is 16.9. The van der Waals surface area contributed by atoms with E-state index < -0.39 is 12.8 Å². The Hall–Kier alpha value is -1.27. The molecule has 0 radical (unpaired) electrons. The van der Waals surface area contributed by atoms with Gasteiger partial charge in [0.25, 0.3) is 0 Å². The van der Waals surface area contributed by atoms with Crippen molar-refractivity contribution in [1.29, 1.82) is 0 Å². The van der Waals surface area contributed by atoms with Gasteiger partial charge in [0.2, 0.25) is 0 Å². The van der Waals surface area contributed by atoms with Gasteiger partial charge < -0.3 is 9.84 Å². The number of benzene rings is 1. The molecule has 0 aliphatic carbocycles. The zero-order valence-corrected chi connectivity index (χ0v) is 13.4. The lowest BCUT2D eigenvalue weighted by atomic mass is 9.92. The Morgan fingerprint density at radius 3 is 2.74 bits per heavy atom. The third-order valence-electron chi connectivity index (χ3n) is 4.51. The van der Waals surface area contributed by atoms with Gasteiger partial charge in [-0.2, -0.15) is 13.2 Å². The van der Waals surface area contributed by atoms with Crippen molar-refractivity contribution < 1.29 is 23.0 Å². The Bertz CT molecular complexity index is 507. The van der Waals surface area contributed by atoms with E-state index in [9.17, 15) is 13.2 Å². The van der Waals surface area contributed by atoms with Crippen LogP contribution in [-0.4, -0.2) is 41.5 Å². The fourth-order valence-electron chi connectivity index (χ4n) is 3.23. The molecule has 1 atom stereocenters. The molecule has 1 aliphatic rings. The van der Waals surface area contributed by atoms with Crippen LogP contribution in [0.15, 0.2) is 24.3 Å². The molecule has 0 saturated carbocycles. The van der Waals surface area contributed by atoms with Crippen molar-refractivity contribution >= 4 is 0 Å². The molecule has 0 spiro atoms. The van der Waals surface area contributed by atoms with Crippen LogP contribution in [0.3, 0.4) is 0 Å². The number of rotatable bonds is 7. The van der Waals surface area contributed by atoms with Gasteiger partial charge in [0.15, 0.2) is 6.61 Å². The lowest BCUT2D eigenvalue weighted by Gasteiger charge is -2.35. The number of para-hydroxylation sites is 1. The Morgan fingerprint density at radius 2 is 2.04 bits per heavy atom. The van der Waals surface area contributed by atoms with Crippen LogP contribution in [0.4, 0.5) is 13.2 Å². The number of hydrogen-bond acceptors (Lipinski definition) is 3. The molecule has 23 heavy (non-hydrogen) atoms. The van der Waals surface area contributed by atoms with E-state index in [1.165, 1.54) is 0 Å². The Morgan fingerprint density at radius 1 is 1.30 bits per heavy atom. The van der Waals surface area contributed by atoms with Gasteiger partial charge in [-0.15, -0.1) is 0 Å². The summed E-state index contributed by atoms with van der Waals surface area (Å²) in [4.78, 5) is 2.29. The lowest BCUT2D eigenvalue weighted by molar-refractivity contribution is -0.153. The summed E-state index contributed by atoms with van der Waals surface area (Å²) in [5.41, 5.74) is 0.758. The molecule has 1 aromatic rings. The second kappa shape index (κ2) is 7.53. The van der Waals surface area contributed by atoms with Gasteiger partial charge in [-0.05, 0) is 45.2 Å². The molecule has 130 valence electrons. The summed E-state index contributed by atoms with van der Waals surface area (Å²) in [6, 6.07) is 6.90. The van der Waals surface area contributed by atoms with E-state index >= 15 is 0 Å². The van der Waals surface area contributed by atoms with Crippen molar-refractivity contribution in [3.63, 3.8) is 0 Å². The molecule has 1 heterocycles. The smallest absolute Gasteiger partial charge is 0.422 e. The highest BCUT2D eigenvalue weighted by Gasteiger charge is 2.36. The van der Waals surface area contributed by atoms with Crippen LogP contribution in [0.2, 0.25) is 0 Å². The molecule has 1 aliphatic heterocycles. The maximum absolute atomic E-state index is 12.4. The number of ether oxygens (including phenoxy) is 1. The second-order valence-electron chi connectivity index (χ2n) is 6.36. The molecule has 0 aromatic heterocycles. The fraction of sp³-hybridized carbons (Fsp3) is 0.647. The molecule has 0 bridgehead atoms. The lowest BCUT2D eigenvalue weighted by Crippen LogP contribution is -2.40. The average Bonchev–Trinajstić information content (AvgIpc) is 2.85. The summed E-state index contributed by atoms with van der Waals surface area (Å²) < 4.78 is 42.1. The normalized spacial score (nSPS) is 22.5. The standard InChI is InChI=1S/C17H24F3NO2/c1-16(9-5-11-22)8-4-10-21(16)12-14-6-2-3-7-15(14)23-13-17(18,19)20/h2-3,6-7,22H,4-5,8-13H2,1H3/t16-/m0/s1. The third-order valence-corrected chi connectivity index (χ3v) is 4.51. The summed E-state index contributed by atoms with van der Waals surface area (Å²) in [6.07, 6.45) is -0.614. The van der Waals surface area contributed by atoms with Crippen LogP contribution in [0.1, 0.15) is 38.2 Å². The maximum atomic E-state index is 12.4. The molecule has 0 unspecified atom stereocenters. The first-order valence-electron chi connectivity index (χ1n) is 7.97. The molecule has 3 nitrogen and oxygen atoms in total. The highest BCUT2D eigenvalue weighted by molar-refractivity contribution is 5.33. The molecule has 2 rings (SSSR count). The highest BCUT2D eigenvalue weighted by atomic mass is 19.4. The number of nitrogens with zero attached hydrogens (tertiary/aromatic N) is 1. The van der Waals surface area contributed by atoms with Gasteiger partial charge in [-0.3, -0.25) is 4.90 Å². The topological polar surface area (TPSA) is 32.7 Å². The summed E-state index contributed by atoms with van der Waals surface area (Å²) in [7, 11) is 0. The van der Waals surface area contributed by atoms with Crippen LogP contribution in [0.5, 0.6) is 5.75 Å². The third kappa shape index (κ3) is 5.11. The molecule has 1 fully saturated rings.